The molecular weight excluding hydrogens is 206 g/mol. The van der Waals surface area contributed by atoms with Gasteiger partial charge in [0.2, 0.25) is 0 Å². The molecule has 0 aromatic carbocycles. The summed E-state index contributed by atoms with van der Waals surface area (Å²) in [7, 11) is 0. The Morgan fingerprint density at radius 3 is 0.941 bits per heavy atom. The van der Waals surface area contributed by atoms with E-state index in [1.54, 1.807) is 0 Å². The average molecular weight is 243 g/mol. The molecule has 0 aliphatic rings. The first-order chi connectivity index (χ1) is 8.24. The monoisotopic (exact) mass is 243 g/mol. The first kappa shape index (κ1) is 17.0. The summed E-state index contributed by atoms with van der Waals surface area (Å²) in [6.45, 7) is 15.0. The van der Waals surface area contributed by atoms with Gasteiger partial charge in [-0.05, 0) is 25.7 Å². The number of quaternary nitrogens is 1. The molecular formula is C16H37N+. The number of hydrogen-bond donors (Lipinski definition) is 0. The van der Waals surface area contributed by atoms with Crippen LogP contribution >= 0.6 is 0 Å². The number of nitrogens with zero attached hydrogens (tertiary/aromatic N) is 1. The molecule has 0 aliphatic heterocycles. The molecule has 1 nitrogen and oxygen atoms in total. The minimum absolute atomic E-state index is 0. The van der Waals surface area contributed by atoms with Crippen LogP contribution in [0.3, 0.4) is 0 Å². The van der Waals surface area contributed by atoms with Crippen LogP contribution in [0.15, 0.2) is 0 Å². The van der Waals surface area contributed by atoms with E-state index in [0.717, 1.165) is 0 Å². The van der Waals surface area contributed by atoms with E-state index in [9.17, 15) is 0 Å². The Labute approximate surface area is 112 Å². The van der Waals surface area contributed by atoms with Gasteiger partial charge in [0.05, 0.1) is 26.2 Å². The van der Waals surface area contributed by atoms with Crippen LogP contribution in [0, 0.1) is 0 Å². The zero-order valence-corrected chi connectivity index (χ0v) is 12.9. The third-order valence-corrected chi connectivity index (χ3v) is 3.94. The summed E-state index contributed by atoms with van der Waals surface area (Å²) < 4.78 is 1.42. The molecule has 0 fully saturated rings. The molecule has 0 unspecified atom stereocenters. The molecule has 0 saturated carbocycles. The van der Waals surface area contributed by atoms with E-state index >= 15 is 0 Å². The first-order valence-corrected chi connectivity index (χ1v) is 8.09. The lowest BCUT2D eigenvalue weighted by Gasteiger charge is -2.39. The number of unbranched alkanes of at least 4 members (excludes halogenated alkanes) is 4. The summed E-state index contributed by atoms with van der Waals surface area (Å²) in [6.07, 6.45) is 11.1. The summed E-state index contributed by atoms with van der Waals surface area (Å²) in [6, 6.07) is 0. The van der Waals surface area contributed by atoms with Crippen LogP contribution in [-0.2, 0) is 0 Å². The molecule has 0 N–H and O–H groups in total. The van der Waals surface area contributed by atoms with E-state index in [0.29, 0.717) is 0 Å². The van der Waals surface area contributed by atoms with Crippen molar-refractivity contribution in [3.8, 4) is 0 Å². The first-order valence-electron chi connectivity index (χ1n) is 8.09. The Balaban J connectivity index is 0. The molecule has 0 rings (SSSR count). The maximum absolute atomic E-state index is 2.33. The van der Waals surface area contributed by atoms with Crippen LogP contribution < -0.4 is 0 Å². The Morgan fingerprint density at radius 2 is 0.765 bits per heavy atom. The summed E-state index contributed by atoms with van der Waals surface area (Å²) in [5, 5.41) is 0. The van der Waals surface area contributed by atoms with Crippen molar-refractivity contribution in [2.45, 2.75) is 79.1 Å². The average Bonchev–Trinajstić information content (AvgIpc) is 2.37. The molecule has 0 bridgehead atoms. The second-order valence-corrected chi connectivity index (χ2v) is 5.65. The molecule has 0 aromatic rings. The van der Waals surface area contributed by atoms with E-state index in [1.165, 1.54) is 82.0 Å². The van der Waals surface area contributed by atoms with Crippen molar-refractivity contribution < 1.29 is 5.91 Å². The molecule has 1 radical (unpaired) electrons. The molecule has 0 atom stereocenters. The Morgan fingerprint density at radius 1 is 0.529 bits per heavy atom. The standard InChI is InChI=1S/C16H36N.H/c1-5-9-13-17(14-10-6-2,15-11-7-3)16-12-8-4;/h5-16H2,1-4H3;/q+1;. The Kier molecular flexibility index (Phi) is 11.0. The van der Waals surface area contributed by atoms with Gasteiger partial charge in [-0.2, -0.15) is 0 Å². The third kappa shape index (κ3) is 7.81. The predicted octanol–water partition coefficient (Wildman–Crippen LogP) is 5.12. The molecule has 17 heavy (non-hydrogen) atoms. The molecule has 1 heteroatoms. The summed E-state index contributed by atoms with van der Waals surface area (Å²) in [5.41, 5.74) is 0. The Hall–Kier alpha value is -0.0400. The van der Waals surface area contributed by atoms with Crippen LogP contribution in [-0.4, -0.2) is 30.7 Å². The zero-order chi connectivity index (χ0) is 13.0. The lowest BCUT2D eigenvalue weighted by molar-refractivity contribution is -0.929. The highest BCUT2D eigenvalue weighted by molar-refractivity contribution is 4.49. The second-order valence-electron chi connectivity index (χ2n) is 5.65. The highest BCUT2D eigenvalue weighted by atomic mass is 15.3. The topological polar surface area (TPSA) is 0 Å². The van der Waals surface area contributed by atoms with Gasteiger partial charge in [-0.15, -0.1) is 0 Å². The van der Waals surface area contributed by atoms with Crippen molar-refractivity contribution in [1.29, 1.82) is 0 Å². The molecule has 105 valence electrons. The van der Waals surface area contributed by atoms with Crippen LogP contribution in [0.1, 0.15) is 80.5 Å². The predicted molar refractivity (Wildman–Crippen MR) is 80.5 cm³/mol. The van der Waals surface area contributed by atoms with Crippen molar-refractivity contribution in [2.24, 2.45) is 0 Å². The van der Waals surface area contributed by atoms with Crippen LogP contribution in [0.4, 0.5) is 0 Å². The summed E-state index contributed by atoms with van der Waals surface area (Å²) >= 11 is 0. The molecule has 0 aromatic heterocycles. The third-order valence-electron chi connectivity index (χ3n) is 3.94. The van der Waals surface area contributed by atoms with Gasteiger partial charge in [-0.1, -0.05) is 53.4 Å². The van der Waals surface area contributed by atoms with E-state index in [4.69, 9.17) is 0 Å². The molecule has 0 saturated heterocycles. The molecule has 0 aliphatic carbocycles. The minimum Gasteiger partial charge on any atom is -0.324 e. The van der Waals surface area contributed by atoms with Crippen LogP contribution in [0.2, 0.25) is 0 Å². The molecule has 0 spiro atoms. The van der Waals surface area contributed by atoms with Crippen molar-refractivity contribution in [2.75, 3.05) is 26.2 Å². The fourth-order valence-corrected chi connectivity index (χ4v) is 2.64. The van der Waals surface area contributed by atoms with Gasteiger partial charge < -0.3 is 4.48 Å². The maximum atomic E-state index is 2.33. The second kappa shape index (κ2) is 11.1. The van der Waals surface area contributed by atoms with Gasteiger partial charge in [0.25, 0.3) is 0 Å². The summed E-state index contributed by atoms with van der Waals surface area (Å²) in [4.78, 5) is 0. The van der Waals surface area contributed by atoms with Crippen molar-refractivity contribution in [3.63, 3.8) is 0 Å². The smallest absolute Gasteiger partial charge is 0.0786 e. The van der Waals surface area contributed by atoms with Crippen molar-refractivity contribution in [3.05, 3.63) is 0 Å². The van der Waals surface area contributed by atoms with Gasteiger partial charge in [0.1, 0.15) is 0 Å². The van der Waals surface area contributed by atoms with Gasteiger partial charge in [0.15, 0.2) is 0 Å². The number of hydrogen-bond acceptors (Lipinski definition) is 0. The van der Waals surface area contributed by atoms with E-state index in [-0.39, 0.29) is 1.43 Å². The zero-order valence-electron chi connectivity index (χ0n) is 13.9. The lowest BCUT2D eigenvalue weighted by atomic mass is 10.1. The summed E-state index contributed by atoms with van der Waals surface area (Å²) in [5.74, 6) is 0. The fourth-order valence-electron chi connectivity index (χ4n) is 2.64. The molecule has 0 heterocycles. The van der Waals surface area contributed by atoms with Gasteiger partial charge >= 0.3 is 0 Å². The van der Waals surface area contributed by atoms with E-state index in [2.05, 4.69) is 27.7 Å². The lowest BCUT2D eigenvalue weighted by Crippen LogP contribution is -2.50. The van der Waals surface area contributed by atoms with E-state index < -0.39 is 0 Å². The quantitative estimate of drug-likeness (QED) is 0.418. The SMILES string of the molecule is CCCC[N+](CCCC)(CCCC)CCCC.[H]. The maximum Gasteiger partial charge on any atom is 0.0786 e. The highest BCUT2D eigenvalue weighted by Crippen LogP contribution is 2.16. The van der Waals surface area contributed by atoms with Gasteiger partial charge in [-0.25, -0.2) is 0 Å². The molecule has 0 amide bonds. The highest BCUT2D eigenvalue weighted by Gasteiger charge is 2.24. The van der Waals surface area contributed by atoms with Gasteiger partial charge in [-0.3, -0.25) is 0 Å². The van der Waals surface area contributed by atoms with Crippen LogP contribution in [0.5, 0.6) is 0 Å². The fraction of sp³-hybridized carbons (Fsp3) is 1.00. The van der Waals surface area contributed by atoms with Crippen LogP contribution in [0.25, 0.3) is 0 Å². The largest absolute Gasteiger partial charge is 0.324 e. The van der Waals surface area contributed by atoms with Crippen molar-refractivity contribution in [1.82, 2.24) is 0 Å². The Bertz CT molecular complexity index is 122. The van der Waals surface area contributed by atoms with Crippen molar-refractivity contribution >= 4 is 0 Å². The normalized spacial score (nSPS) is 12.0. The minimum atomic E-state index is 0. The number of rotatable bonds is 12. The van der Waals surface area contributed by atoms with E-state index in [1.807, 2.05) is 0 Å². The van der Waals surface area contributed by atoms with Gasteiger partial charge in [0, 0.05) is 1.43 Å².